The highest BCUT2D eigenvalue weighted by Gasteiger charge is 2.28. The van der Waals surface area contributed by atoms with Crippen LogP contribution in [0, 0.1) is 6.92 Å². The van der Waals surface area contributed by atoms with Gasteiger partial charge >= 0.3 is 0 Å². The van der Waals surface area contributed by atoms with Crippen LogP contribution in [0.15, 0.2) is 60.7 Å². The van der Waals surface area contributed by atoms with Gasteiger partial charge < -0.3 is 15.5 Å². The molecule has 176 valence electrons. The van der Waals surface area contributed by atoms with Gasteiger partial charge in [-0.25, -0.2) is 0 Å². The molecule has 3 aromatic carbocycles. The average molecular weight is 496 g/mol. The summed E-state index contributed by atoms with van der Waals surface area (Å²) in [5.41, 5.74) is 4.25. The third kappa shape index (κ3) is 5.12. The Kier molecular flexibility index (Phi) is 7.57. The van der Waals surface area contributed by atoms with Crippen LogP contribution in [0.5, 0.6) is 0 Å². The van der Waals surface area contributed by atoms with Crippen molar-refractivity contribution >= 4 is 46.4 Å². The normalized spacial score (nSPS) is 15.4. The largest absolute Gasteiger partial charge is 0.322 e. The second kappa shape index (κ2) is 10.6. The molecular formula is C27H27Cl2N3O2. The van der Waals surface area contributed by atoms with Gasteiger partial charge in [0.25, 0.3) is 11.8 Å². The van der Waals surface area contributed by atoms with E-state index in [1.807, 2.05) is 37.3 Å². The summed E-state index contributed by atoms with van der Waals surface area (Å²) < 4.78 is 0. The third-order valence-corrected chi connectivity index (χ3v) is 6.62. The molecule has 1 heterocycles. The highest BCUT2D eigenvalue weighted by Crippen LogP contribution is 2.36. The summed E-state index contributed by atoms with van der Waals surface area (Å²) in [6.07, 6.45) is 1.75. The van der Waals surface area contributed by atoms with Crippen molar-refractivity contribution in [3.8, 4) is 0 Å². The maximum Gasteiger partial charge on any atom is 0.259 e. The fourth-order valence-corrected chi connectivity index (χ4v) is 4.83. The Balaban J connectivity index is 1.60. The van der Waals surface area contributed by atoms with E-state index in [1.165, 1.54) is 0 Å². The number of benzene rings is 3. The highest BCUT2D eigenvalue weighted by atomic mass is 35.5. The van der Waals surface area contributed by atoms with Crippen molar-refractivity contribution in [2.24, 2.45) is 0 Å². The molecule has 3 aromatic rings. The first kappa shape index (κ1) is 24.3. The third-order valence-electron chi connectivity index (χ3n) is 6.07. The summed E-state index contributed by atoms with van der Waals surface area (Å²) in [6.45, 7) is 5.36. The first-order chi connectivity index (χ1) is 16.4. The molecule has 1 aliphatic heterocycles. The first-order valence-electron chi connectivity index (χ1n) is 11.4. The van der Waals surface area contributed by atoms with Crippen molar-refractivity contribution < 1.29 is 9.59 Å². The van der Waals surface area contributed by atoms with Crippen molar-refractivity contribution in [3.63, 3.8) is 0 Å². The van der Waals surface area contributed by atoms with Gasteiger partial charge in [-0.2, -0.15) is 0 Å². The number of amides is 2. The molecule has 2 amide bonds. The van der Waals surface area contributed by atoms with Crippen molar-refractivity contribution in [1.29, 1.82) is 0 Å². The molecule has 1 aliphatic rings. The van der Waals surface area contributed by atoms with E-state index in [9.17, 15) is 9.59 Å². The van der Waals surface area contributed by atoms with E-state index in [1.54, 1.807) is 35.2 Å². The van der Waals surface area contributed by atoms with Gasteiger partial charge in [-0.05, 0) is 79.9 Å². The number of anilines is 2. The summed E-state index contributed by atoms with van der Waals surface area (Å²) in [5, 5.41) is 7.29. The number of carbonyl (C=O) groups is 2. The van der Waals surface area contributed by atoms with Gasteiger partial charge in [-0.15, -0.1) is 0 Å². The molecule has 0 radical (unpaired) electrons. The lowest BCUT2D eigenvalue weighted by atomic mass is 10.0. The van der Waals surface area contributed by atoms with Gasteiger partial charge in [0, 0.05) is 34.5 Å². The zero-order valence-electron chi connectivity index (χ0n) is 19.2. The van der Waals surface area contributed by atoms with Crippen LogP contribution in [0.4, 0.5) is 11.4 Å². The number of aryl methyl sites for hydroxylation is 1. The number of fused-ring (bicyclic) bond motifs is 1. The molecule has 0 bridgehead atoms. The SMILES string of the molecule is CCNC1CCCN(C(=O)c2ccc(NC(=O)c3ccccc3C)cc2Cl)c2ccc(Cl)cc21. The second-order valence-corrected chi connectivity index (χ2v) is 9.22. The lowest BCUT2D eigenvalue weighted by Gasteiger charge is -2.25. The van der Waals surface area contributed by atoms with Crippen LogP contribution in [0.3, 0.4) is 0 Å². The van der Waals surface area contributed by atoms with Crippen molar-refractivity contribution in [2.45, 2.75) is 32.7 Å². The van der Waals surface area contributed by atoms with Crippen molar-refractivity contribution in [2.75, 3.05) is 23.3 Å². The minimum atomic E-state index is -0.221. The Morgan fingerprint density at radius 2 is 1.82 bits per heavy atom. The zero-order valence-corrected chi connectivity index (χ0v) is 20.7. The second-order valence-electron chi connectivity index (χ2n) is 8.38. The van der Waals surface area contributed by atoms with E-state index in [0.717, 1.165) is 36.2 Å². The number of halogens is 2. The van der Waals surface area contributed by atoms with E-state index in [0.29, 0.717) is 28.4 Å². The Hall–Kier alpha value is -2.86. The van der Waals surface area contributed by atoms with Crippen LogP contribution >= 0.6 is 23.2 Å². The molecule has 0 saturated heterocycles. The van der Waals surface area contributed by atoms with Crippen LogP contribution < -0.4 is 15.5 Å². The standard InChI is InChI=1S/C27H27Cl2N3O2/c1-3-30-24-9-6-14-32(25-13-10-18(28)15-22(24)25)27(34)21-12-11-19(16-23(21)29)31-26(33)20-8-5-4-7-17(20)2/h4-5,7-8,10-13,15-16,24,30H,3,6,9,14H2,1-2H3,(H,31,33). The minimum Gasteiger partial charge on any atom is -0.322 e. The summed E-state index contributed by atoms with van der Waals surface area (Å²) in [6, 6.07) is 18.1. The quantitative estimate of drug-likeness (QED) is 0.416. The van der Waals surface area contributed by atoms with E-state index < -0.39 is 0 Å². The van der Waals surface area contributed by atoms with Crippen LogP contribution in [0.2, 0.25) is 10.0 Å². The average Bonchev–Trinajstić information content (AvgIpc) is 2.98. The number of hydrogen-bond acceptors (Lipinski definition) is 3. The fourth-order valence-electron chi connectivity index (χ4n) is 4.39. The van der Waals surface area contributed by atoms with Gasteiger partial charge in [0.15, 0.2) is 0 Å². The van der Waals surface area contributed by atoms with E-state index in [4.69, 9.17) is 23.2 Å². The van der Waals surface area contributed by atoms with Gasteiger partial charge in [0.1, 0.15) is 0 Å². The predicted octanol–water partition coefficient (Wildman–Crippen LogP) is 6.65. The summed E-state index contributed by atoms with van der Waals surface area (Å²) in [4.78, 5) is 28.0. The summed E-state index contributed by atoms with van der Waals surface area (Å²) in [7, 11) is 0. The number of carbonyl (C=O) groups excluding carboxylic acids is 2. The predicted molar refractivity (Wildman–Crippen MR) is 139 cm³/mol. The van der Waals surface area contributed by atoms with Crippen LogP contribution in [0.1, 0.15) is 57.7 Å². The van der Waals surface area contributed by atoms with Gasteiger partial charge in [0.2, 0.25) is 0 Å². The molecule has 1 atom stereocenters. The van der Waals surface area contributed by atoms with Crippen molar-refractivity contribution in [1.82, 2.24) is 5.32 Å². The lowest BCUT2D eigenvalue weighted by molar-refractivity contribution is 0.0986. The monoisotopic (exact) mass is 495 g/mol. The molecule has 7 heteroatoms. The Labute approximate surface area is 210 Å². The summed E-state index contributed by atoms with van der Waals surface area (Å²) in [5.74, 6) is -0.400. The van der Waals surface area contributed by atoms with E-state index >= 15 is 0 Å². The van der Waals surface area contributed by atoms with Crippen LogP contribution in [0.25, 0.3) is 0 Å². The Morgan fingerprint density at radius 1 is 1.03 bits per heavy atom. The molecule has 34 heavy (non-hydrogen) atoms. The zero-order chi connectivity index (χ0) is 24.2. The topological polar surface area (TPSA) is 61.4 Å². The number of nitrogens with zero attached hydrogens (tertiary/aromatic N) is 1. The van der Waals surface area contributed by atoms with E-state index in [-0.39, 0.29) is 22.9 Å². The minimum absolute atomic E-state index is 0.131. The highest BCUT2D eigenvalue weighted by molar-refractivity contribution is 6.35. The number of hydrogen-bond donors (Lipinski definition) is 2. The van der Waals surface area contributed by atoms with Gasteiger partial charge in [-0.1, -0.05) is 48.3 Å². The maximum absolute atomic E-state index is 13.6. The molecule has 4 rings (SSSR count). The van der Waals surface area contributed by atoms with E-state index in [2.05, 4.69) is 17.6 Å². The molecule has 0 aliphatic carbocycles. The van der Waals surface area contributed by atoms with Crippen LogP contribution in [-0.4, -0.2) is 24.9 Å². The number of rotatable bonds is 5. The maximum atomic E-state index is 13.6. The smallest absolute Gasteiger partial charge is 0.259 e. The Morgan fingerprint density at radius 3 is 2.56 bits per heavy atom. The van der Waals surface area contributed by atoms with Gasteiger partial charge in [0.05, 0.1) is 10.6 Å². The fraction of sp³-hybridized carbons (Fsp3) is 0.259. The molecule has 0 fully saturated rings. The van der Waals surface area contributed by atoms with Gasteiger partial charge in [-0.3, -0.25) is 9.59 Å². The first-order valence-corrected chi connectivity index (χ1v) is 12.2. The lowest BCUT2D eigenvalue weighted by Crippen LogP contribution is -2.32. The molecular weight excluding hydrogens is 469 g/mol. The molecule has 1 unspecified atom stereocenters. The Bertz CT molecular complexity index is 1230. The molecule has 2 N–H and O–H groups in total. The molecule has 5 nitrogen and oxygen atoms in total. The molecule has 0 saturated carbocycles. The van der Waals surface area contributed by atoms with Crippen molar-refractivity contribution in [3.05, 3.63) is 93.0 Å². The molecule has 0 spiro atoms. The number of nitrogens with one attached hydrogen (secondary N) is 2. The summed E-state index contributed by atoms with van der Waals surface area (Å²) >= 11 is 12.8. The van der Waals surface area contributed by atoms with Crippen LogP contribution in [-0.2, 0) is 0 Å². The molecule has 0 aromatic heterocycles.